The SMILES string of the molecule is COC(=O)c1cc(N)cnc1NCc1ccncc1C. The highest BCUT2D eigenvalue weighted by atomic mass is 16.5. The van der Waals surface area contributed by atoms with E-state index < -0.39 is 5.97 Å². The molecule has 0 amide bonds. The Morgan fingerprint density at radius 2 is 2.25 bits per heavy atom. The van der Waals surface area contributed by atoms with Gasteiger partial charge in [-0.2, -0.15) is 0 Å². The second kappa shape index (κ2) is 6.01. The van der Waals surface area contributed by atoms with Crippen LogP contribution in [0.5, 0.6) is 0 Å². The smallest absolute Gasteiger partial charge is 0.341 e. The van der Waals surface area contributed by atoms with E-state index >= 15 is 0 Å². The molecular formula is C14H16N4O2. The van der Waals surface area contributed by atoms with Crippen LogP contribution in [0.1, 0.15) is 21.5 Å². The van der Waals surface area contributed by atoms with Gasteiger partial charge in [-0.3, -0.25) is 4.98 Å². The Bertz CT molecular complexity index is 628. The molecule has 0 atom stereocenters. The first-order chi connectivity index (χ1) is 9.61. The molecule has 2 heterocycles. The van der Waals surface area contributed by atoms with Crippen molar-refractivity contribution in [3.05, 3.63) is 47.4 Å². The molecule has 0 radical (unpaired) electrons. The zero-order valence-electron chi connectivity index (χ0n) is 11.4. The minimum Gasteiger partial charge on any atom is -0.465 e. The van der Waals surface area contributed by atoms with Gasteiger partial charge in [0.2, 0.25) is 0 Å². The molecule has 0 aliphatic carbocycles. The molecule has 0 spiro atoms. The van der Waals surface area contributed by atoms with Crippen molar-refractivity contribution in [3.8, 4) is 0 Å². The Hall–Kier alpha value is -2.63. The van der Waals surface area contributed by atoms with E-state index in [4.69, 9.17) is 10.5 Å². The zero-order valence-corrected chi connectivity index (χ0v) is 11.4. The van der Waals surface area contributed by atoms with Gasteiger partial charge in [-0.1, -0.05) is 0 Å². The number of pyridine rings is 2. The third-order valence-corrected chi connectivity index (χ3v) is 2.90. The van der Waals surface area contributed by atoms with Crippen LogP contribution in [0.2, 0.25) is 0 Å². The van der Waals surface area contributed by atoms with Gasteiger partial charge in [-0.15, -0.1) is 0 Å². The number of carbonyl (C=O) groups is 1. The topological polar surface area (TPSA) is 90.1 Å². The summed E-state index contributed by atoms with van der Waals surface area (Å²) in [6, 6.07) is 3.46. The highest BCUT2D eigenvalue weighted by Gasteiger charge is 2.13. The van der Waals surface area contributed by atoms with Crippen molar-refractivity contribution < 1.29 is 9.53 Å². The zero-order chi connectivity index (χ0) is 14.5. The molecule has 0 aliphatic heterocycles. The fourth-order valence-electron chi connectivity index (χ4n) is 1.77. The Labute approximate surface area is 117 Å². The minimum absolute atomic E-state index is 0.319. The first kappa shape index (κ1) is 13.8. The summed E-state index contributed by atoms with van der Waals surface area (Å²) >= 11 is 0. The number of nitrogens with one attached hydrogen (secondary N) is 1. The lowest BCUT2D eigenvalue weighted by Gasteiger charge is -2.11. The highest BCUT2D eigenvalue weighted by Crippen LogP contribution is 2.18. The number of esters is 1. The van der Waals surface area contributed by atoms with E-state index in [0.29, 0.717) is 23.6 Å². The van der Waals surface area contributed by atoms with Crippen molar-refractivity contribution in [2.75, 3.05) is 18.2 Å². The number of nitrogens with zero attached hydrogens (tertiary/aromatic N) is 2. The van der Waals surface area contributed by atoms with Gasteiger partial charge in [0.15, 0.2) is 0 Å². The monoisotopic (exact) mass is 272 g/mol. The lowest BCUT2D eigenvalue weighted by Crippen LogP contribution is -2.11. The molecule has 3 N–H and O–H groups in total. The van der Waals surface area contributed by atoms with Crippen molar-refractivity contribution in [2.45, 2.75) is 13.5 Å². The van der Waals surface area contributed by atoms with Crippen molar-refractivity contribution >= 4 is 17.5 Å². The number of hydrogen-bond donors (Lipinski definition) is 2. The van der Waals surface area contributed by atoms with Crippen LogP contribution in [0.25, 0.3) is 0 Å². The van der Waals surface area contributed by atoms with Gasteiger partial charge in [-0.05, 0) is 30.2 Å². The summed E-state index contributed by atoms with van der Waals surface area (Å²) in [5, 5.41) is 3.12. The summed E-state index contributed by atoms with van der Waals surface area (Å²) in [5.41, 5.74) is 8.52. The van der Waals surface area contributed by atoms with Crippen molar-refractivity contribution in [1.82, 2.24) is 9.97 Å². The number of nitrogens with two attached hydrogens (primary N) is 1. The second-order valence-electron chi connectivity index (χ2n) is 4.31. The van der Waals surface area contributed by atoms with E-state index in [9.17, 15) is 4.79 Å². The van der Waals surface area contributed by atoms with Crippen LogP contribution in [0, 0.1) is 6.92 Å². The van der Waals surface area contributed by atoms with E-state index in [-0.39, 0.29) is 0 Å². The number of hydrogen-bond acceptors (Lipinski definition) is 6. The predicted octanol–water partition coefficient (Wildman–Crippen LogP) is 1.77. The molecule has 0 saturated heterocycles. The number of carbonyl (C=O) groups excluding carboxylic acids is 1. The van der Waals surface area contributed by atoms with Crippen LogP contribution in [0.4, 0.5) is 11.5 Å². The van der Waals surface area contributed by atoms with Crippen molar-refractivity contribution in [3.63, 3.8) is 0 Å². The predicted molar refractivity (Wildman–Crippen MR) is 76.3 cm³/mol. The van der Waals surface area contributed by atoms with Crippen LogP contribution in [-0.4, -0.2) is 23.0 Å². The number of ether oxygens (including phenoxy) is 1. The van der Waals surface area contributed by atoms with Crippen LogP contribution in [0.15, 0.2) is 30.7 Å². The van der Waals surface area contributed by atoms with Gasteiger partial charge < -0.3 is 15.8 Å². The normalized spacial score (nSPS) is 10.1. The van der Waals surface area contributed by atoms with Gasteiger partial charge in [0.1, 0.15) is 11.4 Å². The summed E-state index contributed by atoms with van der Waals surface area (Å²) in [6.07, 6.45) is 5.00. The Balaban J connectivity index is 2.21. The van der Waals surface area contributed by atoms with Gasteiger partial charge in [0.05, 0.1) is 19.0 Å². The number of nitrogen functional groups attached to an aromatic ring is 1. The summed E-state index contributed by atoms with van der Waals surface area (Å²) < 4.78 is 4.72. The van der Waals surface area contributed by atoms with Gasteiger partial charge in [0.25, 0.3) is 0 Å². The van der Waals surface area contributed by atoms with Crippen LogP contribution < -0.4 is 11.1 Å². The van der Waals surface area contributed by atoms with Gasteiger partial charge in [-0.25, -0.2) is 9.78 Å². The summed E-state index contributed by atoms with van der Waals surface area (Å²) in [7, 11) is 1.32. The van der Waals surface area contributed by atoms with Crippen LogP contribution >= 0.6 is 0 Å². The number of anilines is 2. The van der Waals surface area contributed by atoms with Gasteiger partial charge in [0, 0.05) is 18.9 Å². The average molecular weight is 272 g/mol. The van der Waals surface area contributed by atoms with Crippen molar-refractivity contribution in [1.29, 1.82) is 0 Å². The van der Waals surface area contributed by atoms with Crippen LogP contribution in [-0.2, 0) is 11.3 Å². The van der Waals surface area contributed by atoms with E-state index in [2.05, 4.69) is 15.3 Å². The molecule has 2 rings (SSSR count). The number of rotatable bonds is 4. The fraction of sp³-hybridized carbons (Fsp3) is 0.214. The lowest BCUT2D eigenvalue weighted by atomic mass is 10.1. The quantitative estimate of drug-likeness (QED) is 0.824. The second-order valence-corrected chi connectivity index (χ2v) is 4.31. The van der Waals surface area contributed by atoms with Crippen molar-refractivity contribution in [2.24, 2.45) is 0 Å². The highest BCUT2D eigenvalue weighted by molar-refractivity contribution is 5.95. The number of methoxy groups -OCH3 is 1. The summed E-state index contributed by atoms with van der Waals surface area (Å²) in [6.45, 7) is 2.51. The molecule has 2 aromatic rings. The lowest BCUT2D eigenvalue weighted by molar-refractivity contribution is 0.0601. The number of aromatic nitrogens is 2. The molecule has 0 saturated carbocycles. The molecule has 0 fully saturated rings. The van der Waals surface area contributed by atoms with E-state index in [0.717, 1.165) is 11.1 Å². The first-order valence-electron chi connectivity index (χ1n) is 6.09. The third kappa shape index (κ3) is 3.03. The molecule has 0 unspecified atom stereocenters. The summed E-state index contributed by atoms with van der Waals surface area (Å²) in [5.74, 6) is -0.0268. The van der Waals surface area contributed by atoms with Crippen LogP contribution in [0.3, 0.4) is 0 Å². The maximum absolute atomic E-state index is 11.7. The Morgan fingerprint density at radius 3 is 2.95 bits per heavy atom. The first-order valence-corrected chi connectivity index (χ1v) is 6.09. The molecule has 0 aromatic carbocycles. The molecule has 6 nitrogen and oxygen atoms in total. The maximum atomic E-state index is 11.7. The fourth-order valence-corrected chi connectivity index (χ4v) is 1.77. The molecule has 0 aliphatic rings. The van der Waals surface area contributed by atoms with E-state index in [1.165, 1.54) is 13.3 Å². The standard InChI is InChI=1S/C14H16N4O2/c1-9-6-16-4-3-10(9)7-17-13-12(14(19)20-2)5-11(15)8-18-13/h3-6,8H,7,15H2,1-2H3,(H,17,18). The molecular weight excluding hydrogens is 256 g/mol. The molecule has 0 bridgehead atoms. The molecule has 20 heavy (non-hydrogen) atoms. The van der Waals surface area contributed by atoms with Gasteiger partial charge >= 0.3 is 5.97 Å². The Kier molecular flexibility index (Phi) is 4.14. The summed E-state index contributed by atoms with van der Waals surface area (Å²) in [4.78, 5) is 19.9. The Morgan fingerprint density at radius 1 is 1.45 bits per heavy atom. The average Bonchev–Trinajstić information content (AvgIpc) is 2.46. The number of aryl methyl sites for hydroxylation is 1. The van der Waals surface area contributed by atoms with E-state index in [1.54, 1.807) is 18.5 Å². The molecule has 2 aromatic heterocycles. The minimum atomic E-state index is -0.473. The van der Waals surface area contributed by atoms with E-state index in [1.807, 2.05) is 13.0 Å². The third-order valence-electron chi connectivity index (χ3n) is 2.90. The largest absolute Gasteiger partial charge is 0.465 e. The maximum Gasteiger partial charge on any atom is 0.341 e. The molecule has 104 valence electrons. The molecule has 6 heteroatoms.